The Morgan fingerprint density at radius 1 is 1.19 bits per heavy atom. The lowest BCUT2D eigenvalue weighted by Gasteiger charge is -2.25. The predicted octanol–water partition coefficient (Wildman–Crippen LogP) is 4.75. The molecule has 0 saturated carbocycles. The van der Waals surface area contributed by atoms with E-state index in [1.54, 1.807) is 24.3 Å². The first-order chi connectivity index (χ1) is 12.9. The van der Waals surface area contributed by atoms with Gasteiger partial charge in [0.05, 0.1) is 35.6 Å². The van der Waals surface area contributed by atoms with Crippen LogP contribution in [0.3, 0.4) is 0 Å². The van der Waals surface area contributed by atoms with E-state index in [0.29, 0.717) is 11.4 Å². The van der Waals surface area contributed by atoms with Crippen LogP contribution >= 0.6 is 23.2 Å². The quantitative estimate of drug-likeness (QED) is 0.423. The lowest BCUT2D eigenvalue weighted by molar-refractivity contribution is -0.114. The Bertz CT molecular complexity index is 911. The maximum absolute atomic E-state index is 13.0. The summed E-state index contributed by atoms with van der Waals surface area (Å²) in [6, 6.07) is 10.8. The Morgan fingerprint density at radius 2 is 1.85 bits per heavy atom. The molecule has 0 aromatic heterocycles. The van der Waals surface area contributed by atoms with Crippen LogP contribution in [0.4, 0.5) is 15.8 Å². The number of amides is 1. The van der Waals surface area contributed by atoms with Crippen molar-refractivity contribution in [2.24, 2.45) is 0 Å². The number of anilines is 2. The van der Waals surface area contributed by atoms with Crippen LogP contribution in [0.5, 0.6) is 11.5 Å². The van der Waals surface area contributed by atoms with Gasteiger partial charge in [-0.3, -0.25) is 10.2 Å². The maximum atomic E-state index is 13.0. The molecule has 0 unspecified atom stereocenters. The van der Waals surface area contributed by atoms with Gasteiger partial charge < -0.3 is 9.47 Å². The number of hydrazine groups is 1. The molecule has 0 spiro atoms. The molecule has 27 heavy (non-hydrogen) atoms. The molecule has 0 aliphatic heterocycles. The van der Waals surface area contributed by atoms with E-state index in [4.69, 9.17) is 37.9 Å². The highest BCUT2D eigenvalue weighted by Gasteiger charge is 2.24. The molecule has 0 aliphatic carbocycles. The summed E-state index contributed by atoms with van der Waals surface area (Å²) in [5.74, 6) is -0.110. The zero-order chi connectivity index (χ0) is 20.0. The number of carbonyl (C=O) groups is 1. The largest absolute Gasteiger partial charge is 0.497 e. The van der Waals surface area contributed by atoms with E-state index in [-0.39, 0.29) is 27.8 Å². The van der Waals surface area contributed by atoms with Gasteiger partial charge in [-0.1, -0.05) is 23.2 Å². The third-order valence-electron chi connectivity index (χ3n) is 3.46. The molecule has 2 aromatic carbocycles. The number of methoxy groups -OCH3 is 2. The number of benzene rings is 2. The van der Waals surface area contributed by atoms with Crippen molar-refractivity contribution in [3.05, 3.63) is 58.3 Å². The van der Waals surface area contributed by atoms with Gasteiger partial charge in [-0.2, -0.15) is 5.26 Å². The van der Waals surface area contributed by atoms with Crippen molar-refractivity contribution >= 4 is 40.5 Å². The second kappa shape index (κ2) is 9.12. The average molecular weight is 410 g/mol. The number of halogens is 3. The fourth-order valence-electron chi connectivity index (χ4n) is 2.10. The van der Waals surface area contributed by atoms with Crippen molar-refractivity contribution in [3.63, 3.8) is 0 Å². The molecule has 0 saturated heterocycles. The zero-order valence-electron chi connectivity index (χ0n) is 14.3. The minimum absolute atomic E-state index is 0.0773. The summed E-state index contributed by atoms with van der Waals surface area (Å²) < 4.78 is 23.2. The van der Waals surface area contributed by atoms with E-state index < -0.39 is 11.5 Å². The molecule has 0 heterocycles. The molecule has 0 atom stereocenters. The third-order valence-corrected chi connectivity index (χ3v) is 4.05. The molecule has 1 amide bonds. The number of hydrogen-bond acceptors (Lipinski definition) is 5. The Kier molecular flexibility index (Phi) is 6.88. The minimum Gasteiger partial charge on any atom is -0.497 e. The molecular weight excluding hydrogens is 396 g/mol. The Labute approximate surface area is 165 Å². The molecule has 0 radical (unpaired) electrons. The van der Waals surface area contributed by atoms with Crippen molar-refractivity contribution in [2.45, 2.75) is 0 Å². The topological polar surface area (TPSA) is 74.6 Å². The van der Waals surface area contributed by atoms with Gasteiger partial charge in [0, 0.05) is 6.07 Å². The zero-order valence-corrected chi connectivity index (χ0v) is 15.8. The van der Waals surface area contributed by atoms with Crippen LogP contribution in [0.25, 0.3) is 0 Å². The summed E-state index contributed by atoms with van der Waals surface area (Å²) >= 11 is 12.2. The summed E-state index contributed by atoms with van der Waals surface area (Å²) in [6.07, 6.45) is -0.0773. The molecule has 0 bridgehead atoms. The van der Waals surface area contributed by atoms with Crippen molar-refractivity contribution in [1.29, 1.82) is 5.26 Å². The Morgan fingerprint density at radius 3 is 2.37 bits per heavy atom. The van der Waals surface area contributed by atoms with Gasteiger partial charge in [-0.05, 0) is 30.3 Å². The van der Waals surface area contributed by atoms with Gasteiger partial charge in [-0.15, -0.1) is 0 Å². The van der Waals surface area contributed by atoms with Gasteiger partial charge in [-0.25, -0.2) is 9.40 Å². The molecule has 0 aliphatic rings. The van der Waals surface area contributed by atoms with E-state index in [1.807, 2.05) is 0 Å². The van der Waals surface area contributed by atoms with Crippen LogP contribution in [0.15, 0.2) is 48.3 Å². The molecule has 140 valence electrons. The molecular formula is C18H14Cl2FN3O3. The van der Waals surface area contributed by atoms with E-state index in [2.05, 4.69) is 5.43 Å². The van der Waals surface area contributed by atoms with Gasteiger partial charge in [0.25, 0.3) is 5.91 Å². The first kappa shape index (κ1) is 20.4. The highest BCUT2D eigenvalue weighted by molar-refractivity contribution is 6.37. The number of carbonyl (C=O) groups excluding carboxylic acids is 1. The Balaban J connectivity index is 2.53. The first-order valence-electron chi connectivity index (χ1n) is 7.43. The first-order valence-corrected chi connectivity index (χ1v) is 8.19. The van der Waals surface area contributed by atoms with Crippen molar-refractivity contribution in [1.82, 2.24) is 0 Å². The SMILES string of the molecule is COc1ccc(NN(C(=O)C(C#N)=CF)c2cc(OC)c(Cl)cc2Cl)cc1. The molecule has 6 nitrogen and oxygen atoms in total. The fraction of sp³-hybridized carbons (Fsp3) is 0.111. The third kappa shape index (κ3) is 4.61. The van der Waals surface area contributed by atoms with Gasteiger partial charge >= 0.3 is 0 Å². The molecule has 0 fully saturated rings. The van der Waals surface area contributed by atoms with Crippen LogP contribution in [0, 0.1) is 11.3 Å². The van der Waals surface area contributed by atoms with E-state index in [0.717, 1.165) is 5.01 Å². The van der Waals surface area contributed by atoms with Crippen molar-refractivity contribution in [2.75, 3.05) is 24.7 Å². The molecule has 9 heteroatoms. The summed E-state index contributed by atoms with van der Waals surface area (Å²) in [7, 11) is 2.91. The van der Waals surface area contributed by atoms with Crippen LogP contribution in [-0.4, -0.2) is 20.1 Å². The number of hydrogen-bond donors (Lipinski definition) is 1. The van der Waals surface area contributed by atoms with Crippen LogP contribution in [0.2, 0.25) is 10.0 Å². The average Bonchev–Trinajstić information content (AvgIpc) is 2.68. The summed E-state index contributed by atoms with van der Waals surface area (Å²) in [6.45, 7) is 0. The van der Waals surface area contributed by atoms with E-state index in [1.165, 1.54) is 32.4 Å². The number of ether oxygens (including phenoxy) is 2. The van der Waals surface area contributed by atoms with Crippen LogP contribution < -0.4 is 19.9 Å². The highest BCUT2D eigenvalue weighted by Crippen LogP contribution is 2.37. The lowest BCUT2D eigenvalue weighted by atomic mass is 10.2. The lowest BCUT2D eigenvalue weighted by Crippen LogP contribution is -2.37. The number of nitrogens with one attached hydrogen (secondary N) is 1. The Hall–Kier alpha value is -2.95. The van der Waals surface area contributed by atoms with Crippen LogP contribution in [0.1, 0.15) is 0 Å². The summed E-state index contributed by atoms with van der Waals surface area (Å²) in [5, 5.41) is 10.3. The van der Waals surface area contributed by atoms with Crippen LogP contribution in [-0.2, 0) is 4.79 Å². The standard InChI is InChI=1S/C18H14Cl2FN3O3/c1-26-13-5-3-12(4-6-13)23-24(18(25)11(9-21)10-22)16-8-17(27-2)15(20)7-14(16)19/h3-9,23H,1-2H3. The normalized spacial score (nSPS) is 10.7. The summed E-state index contributed by atoms with van der Waals surface area (Å²) in [5.41, 5.74) is 2.65. The fourth-order valence-corrected chi connectivity index (χ4v) is 2.65. The minimum atomic E-state index is -0.956. The molecule has 1 N–H and O–H groups in total. The highest BCUT2D eigenvalue weighted by atomic mass is 35.5. The van der Waals surface area contributed by atoms with Crippen molar-refractivity contribution < 1.29 is 18.7 Å². The number of rotatable bonds is 6. The second-order valence-corrected chi connectivity index (χ2v) is 5.87. The summed E-state index contributed by atoms with van der Waals surface area (Å²) in [4.78, 5) is 12.6. The molecule has 2 rings (SSSR count). The van der Waals surface area contributed by atoms with Gasteiger partial charge in [0.2, 0.25) is 0 Å². The monoisotopic (exact) mass is 409 g/mol. The smallest absolute Gasteiger partial charge is 0.290 e. The van der Waals surface area contributed by atoms with Gasteiger partial charge in [0.1, 0.15) is 29.5 Å². The van der Waals surface area contributed by atoms with Crippen molar-refractivity contribution in [3.8, 4) is 17.6 Å². The number of nitrogens with zero attached hydrogens (tertiary/aromatic N) is 2. The second-order valence-electron chi connectivity index (χ2n) is 5.05. The predicted molar refractivity (Wildman–Crippen MR) is 102 cm³/mol. The molecule has 2 aromatic rings. The number of nitriles is 1. The maximum Gasteiger partial charge on any atom is 0.290 e. The van der Waals surface area contributed by atoms with Gasteiger partial charge in [0.15, 0.2) is 0 Å². The van der Waals surface area contributed by atoms with E-state index in [9.17, 15) is 9.18 Å². The van der Waals surface area contributed by atoms with E-state index >= 15 is 0 Å².